The molecule has 2 fully saturated rings. The van der Waals surface area contributed by atoms with Crippen molar-refractivity contribution in [3.05, 3.63) is 0 Å². The zero-order valence-corrected chi connectivity index (χ0v) is 12.0. The highest BCUT2D eigenvalue weighted by Gasteiger charge is 2.43. The molecule has 2 aliphatic rings. The van der Waals surface area contributed by atoms with Gasteiger partial charge >= 0.3 is 0 Å². The molecule has 0 heterocycles. The summed E-state index contributed by atoms with van der Waals surface area (Å²) in [5.74, 6) is 0.729. The Kier molecular flexibility index (Phi) is 3.84. The van der Waals surface area contributed by atoms with E-state index in [1.54, 1.807) is 7.05 Å². The number of hydrogen-bond acceptors (Lipinski definition) is 3. The number of rotatable bonds is 4. The Morgan fingerprint density at radius 3 is 2.39 bits per heavy atom. The average Bonchev–Trinajstić information content (AvgIpc) is 2.97. The fraction of sp³-hybridized carbons (Fsp3) is 0.917. The molecule has 0 radical (unpaired) electrons. The normalized spacial score (nSPS) is 24.0. The van der Waals surface area contributed by atoms with Crippen LogP contribution >= 0.6 is 0 Å². The van der Waals surface area contributed by atoms with E-state index < -0.39 is 14.6 Å². The number of sulfone groups is 1. The number of aliphatic imine (C=N–C) groups is 1. The molecular weight excluding hydrogens is 250 g/mol. The summed E-state index contributed by atoms with van der Waals surface area (Å²) < 4.78 is 23.4. The third-order valence-electron chi connectivity index (χ3n) is 4.02. The molecule has 18 heavy (non-hydrogen) atoms. The predicted octanol–water partition coefficient (Wildman–Crippen LogP) is 0.671. The topological polar surface area (TPSA) is 70.6 Å². The number of guanidine groups is 1. The molecule has 5 nitrogen and oxygen atoms in total. The van der Waals surface area contributed by atoms with Crippen LogP contribution in [0.3, 0.4) is 0 Å². The van der Waals surface area contributed by atoms with E-state index in [0.29, 0.717) is 12.6 Å². The Labute approximate surface area is 109 Å². The third-order valence-corrected chi connectivity index (χ3v) is 6.15. The first-order chi connectivity index (χ1) is 8.47. The minimum Gasteiger partial charge on any atom is -0.355 e. The van der Waals surface area contributed by atoms with Crippen LogP contribution in [0.1, 0.15) is 38.5 Å². The molecule has 2 rings (SSSR count). The molecule has 0 aliphatic heterocycles. The Hall–Kier alpha value is -0.780. The largest absolute Gasteiger partial charge is 0.355 e. The van der Waals surface area contributed by atoms with E-state index in [4.69, 9.17) is 0 Å². The van der Waals surface area contributed by atoms with E-state index in [1.165, 1.54) is 19.1 Å². The molecule has 104 valence electrons. The van der Waals surface area contributed by atoms with E-state index in [1.807, 2.05) is 0 Å². The molecule has 0 aromatic heterocycles. The van der Waals surface area contributed by atoms with Crippen molar-refractivity contribution in [2.45, 2.75) is 49.3 Å². The lowest BCUT2D eigenvalue weighted by Crippen LogP contribution is -2.50. The van der Waals surface area contributed by atoms with Crippen molar-refractivity contribution >= 4 is 15.8 Å². The van der Waals surface area contributed by atoms with Gasteiger partial charge in [-0.25, -0.2) is 8.42 Å². The van der Waals surface area contributed by atoms with Crippen molar-refractivity contribution in [2.75, 3.05) is 19.8 Å². The van der Waals surface area contributed by atoms with Crippen molar-refractivity contribution in [3.63, 3.8) is 0 Å². The minimum absolute atomic E-state index is 0.470. The molecule has 0 unspecified atom stereocenters. The van der Waals surface area contributed by atoms with Gasteiger partial charge in [0.25, 0.3) is 0 Å². The second-order valence-electron chi connectivity index (χ2n) is 5.51. The minimum atomic E-state index is -3.03. The van der Waals surface area contributed by atoms with Crippen LogP contribution in [-0.4, -0.2) is 45.0 Å². The highest BCUT2D eigenvalue weighted by molar-refractivity contribution is 7.92. The van der Waals surface area contributed by atoms with Gasteiger partial charge in [-0.1, -0.05) is 12.8 Å². The summed E-state index contributed by atoms with van der Waals surface area (Å²) in [6.07, 6.45) is 7.25. The smallest absolute Gasteiger partial charge is 0.191 e. The van der Waals surface area contributed by atoms with E-state index in [9.17, 15) is 8.42 Å². The zero-order valence-electron chi connectivity index (χ0n) is 11.2. The Balaban J connectivity index is 1.97. The van der Waals surface area contributed by atoms with Crippen molar-refractivity contribution in [3.8, 4) is 0 Å². The van der Waals surface area contributed by atoms with Crippen molar-refractivity contribution < 1.29 is 8.42 Å². The maximum atomic E-state index is 12.0. The molecule has 0 atom stereocenters. The van der Waals surface area contributed by atoms with Gasteiger partial charge in [0.05, 0.1) is 4.75 Å². The van der Waals surface area contributed by atoms with Crippen molar-refractivity contribution in [1.29, 1.82) is 0 Å². The fourth-order valence-electron chi connectivity index (χ4n) is 2.56. The van der Waals surface area contributed by atoms with Crippen LogP contribution in [0.5, 0.6) is 0 Å². The molecule has 0 saturated heterocycles. The first kappa shape index (κ1) is 13.6. The monoisotopic (exact) mass is 273 g/mol. The van der Waals surface area contributed by atoms with Gasteiger partial charge in [-0.3, -0.25) is 4.99 Å². The van der Waals surface area contributed by atoms with Gasteiger partial charge in [0, 0.05) is 25.9 Å². The molecule has 0 amide bonds. The van der Waals surface area contributed by atoms with Gasteiger partial charge in [0.2, 0.25) is 0 Å². The van der Waals surface area contributed by atoms with E-state index in [-0.39, 0.29) is 0 Å². The summed E-state index contributed by atoms with van der Waals surface area (Å²) in [6, 6.07) is 0.522. The quantitative estimate of drug-likeness (QED) is 0.583. The van der Waals surface area contributed by atoms with Gasteiger partial charge in [0.1, 0.15) is 0 Å². The fourth-order valence-corrected chi connectivity index (χ4v) is 3.92. The molecule has 0 aromatic carbocycles. The maximum absolute atomic E-state index is 12.0. The van der Waals surface area contributed by atoms with E-state index in [2.05, 4.69) is 15.6 Å². The Bertz CT molecular complexity index is 421. The first-order valence-electron chi connectivity index (χ1n) is 6.64. The summed E-state index contributed by atoms with van der Waals surface area (Å²) in [6.45, 7) is 0.470. The second-order valence-corrected chi connectivity index (χ2v) is 7.92. The highest BCUT2D eigenvalue weighted by Crippen LogP contribution is 2.35. The van der Waals surface area contributed by atoms with Gasteiger partial charge in [-0.15, -0.1) is 0 Å². The van der Waals surface area contributed by atoms with E-state index in [0.717, 1.165) is 31.6 Å². The predicted molar refractivity (Wildman–Crippen MR) is 73.6 cm³/mol. The van der Waals surface area contributed by atoms with Crippen LogP contribution in [0.15, 0.2) is 4.99 Å². The summed E-state index contributed by atoms with van der Waals surface area (Å²) in [7, 11) is -1.30. The summed E-state index contributed by atoms with van der Waals surface area (Å²) in [4.78, 5) is 4.14. The van der Waals surface area contributed by atoms with Gasteiger partial charge in [0.15, 0.2) is 15.8 Å². The molecular formula is C12H23N3O2S. The first-order valence-corrected chi connectivity index (χ1v) is 8.53. The molecule has 6 heteroatoms. The second kappa shape index (κ2) is 5.07. The van der Waals surface area contributed by atoms with Crippen molar-refractivity contribution in [1.82, 2.24) is 10.6 Å². The molecule has 0 aromatic rings. The lowest BCUT2D eigenvalue weighted by molar-refractivity contribution is 0.506. The van der Waals surface area contributed by atoms with E-state index >= 15 is 0 Å². The SMILES string of the molecule is CN=C(NCC1(S(C)(=O)=O)CCCC1)NC1CC1. The van der Waals surface area contributed by atoms with Crippen LogP contribution in [0.4, 0.5) is 0 Å². The molecule has 2 N–H and O–H groups in total. The summed E-state index contributed by atoms with van der Waals surface area (Å²) in [5.41, 5.74) is 0. The van der Waals surface area contributed by atoms with Gasteiger partial charge in [-0.05, 0) is 25.7 Å². The molecule has 2 saturated carbocycles. The summed E-state index contributed by atoms with van der Waals surface area (Å²) in [5, 5.41) is 6.47. The van der Waals surface area contributed by atoms with Crippen LogP contribution < -0.4 is 10.6 Å². The maximum Gasteiger partial charge on any atom is 0.191 e. The number of hydrogen-bond donors (Lipinski definition) is 2. The van der Waals surface area contributed by atoms with Crippen LogP contribution in [-0.2, 0) is 9.84 Å². The lowest BCUT2D eigenvalue weighted by Gasteiger charge is -2.28. The Morgan fingerprint density at radius 2 is 1.94 bits per heavy atom. The van der Waals surface area contributed by atoms with Crippen LogP contribution in [0.2, 0.25) is 0 Å². The Morgan fingerprint density at radius 1 is 1.33 bits per heavy atom. The van der Waals surface area contributed by atoms with Crippen LogP contribution in [0.25, 0.3) is 0 Å². The van der Waals surface area contributed by atoms with Gasteiger partial charge in [-0.2, -0.15) is 0 Å². The number of nitrogens with one attached hydrogen (secondary N) is 2. The third kappa shape index (κ3) is 2.96. The summed E-state index contributed by atoms with van der Waals surface area (Å²) >= 11 is 0. The molecule has 0 bridgehead atoms. The molecule has 2 aliphatic carbocycles. The molecule has 0 spiro atoms. The number of nitrogens with zero attached hydrogens (tertiary/aromatic N) is 1. The average molecular weight is 273 g/mol. The standard InChI is InChI=1S/C12H23N3O2S/c1-13-11(15-10-5-6-10)14-9-12(18(2,16)17)7-3-4-8-12/h10H,3-9H2,1-2H3,(H2,13,14,15). The lowest BCUT2D eigenvalue weighted by atomic mass is 10.1. The van der Waals surface area contributed by atoms with Gasteiger partial charge < -0.3 is 10.6 Å². The highest BCUT2D eigenvalue weighted by atomic mass is 32.2. The van der Waals surface area contributed by atoms with Crippen LogP contribution in [0, 0.1) is 0 Å². The zero-order chi connectivity index (χ0) is 13.2. The van der Waals surface area contributed by atoms with Crippen molar-refractivity contribution in [2.24, 2.45) is 4.99 Å².